The van der Waals surface area contributed by atoms with Crippen LogP contribution in [0.1, 0.15) is 19.3 Å². The van der Waals surface area contributed by atoms with Crippen LogP contribution in [-0.2, 0) is 0 Å². The van der Waals surface area contributed by atoms with Gasteiger partial charge >= 0.3 is 0 Å². The van der Waals surface area contributed by atoms with Gasteiger partial charge in [0.2, 0.25) is 5.82 Å². The van der Waals surface area contributed by atoms with E-state index in [-0.39, 0.29) is 6.04 Å². The van der Waals surface area contributed by atoms with Crippen LogP contribution in [0.15, 0.2) is 12.2 Å². The molecular formula is C12H10F5N. The van der Waals surface area contributed by atoms with E-state index in [1.54, 1.807) is 6.08 Å². The fourth-order valence-electron chi connectivity index (χ4n) is 1.86. The Balaban J connectivity index is 2.35. The SMILES string of the molecule is Fc1c(F)c(F)c(NC2CC=CCC2)c(F)c1F. The zero-order chi connectivity index (χ0) is 13.3. The summed E-state index contributed by atoms with van der Waals surface area (Å²) in [5.74, 6) is -9.63. The van der Waals surface area contributed by atoms with Gasteiger partial charge < -0.3 is 5.32 Å². The second-order valence-electron chi connectivity index (χ2n) is 4.07. The highest BCUT2D eigenvalue weighted by molar-refractivity contribution is 5.48. The lowest BCUT2D eigenvalue weighted by molar-refractivity contribution is 0.380. The molecule has 0 bridgehead atoms. The van der Waals surface area contributed by atoms with Crippen molar-refractivity contribution in [3.63, 3.8) is 0 Å². The summed E-state index contributed by atoms with van der Waals surface area (Å²) >= 11 is 0. The van der Waals surface area contributed by atoms with Gasteiger partial charge in [-0.3, -0.25) is 0 Å². The second kappa shape index (κ2) is 4.96. The summed E-state index contributed by atoms with van der Waals surface area (Å²) in [5.41, 5.74) is -0.952. The first-order valence-electron chi connectivity index (χ1n) is 5.45. The molecule has 0 heterocycles. The summed E-state index contributed by atoms with van der Waals surface area (Å²) in [6, 6.07) is -0.330. The Hall–Kier alpha value is -1.59. The van der Waals surface area contributed by atoms with Crippen LogP contribution >= 0.6 is 0 Å². The molecule has 1 N–H and O–H groups in total. The molecule has 0 spiro atoms. The fourth-order valence-corrected chi connectivity index (χ4v) is 1.86. The molecule has 1 nitrogen and oxygen atoms in total. The van der Waals surface area contributed by atoms with Crippen LogP contribution in [0.3, 0.4) is 0 Å². The minimum absolute atomic E-state index is 0.330. The number of hydrogen-bond acceptors (Lipinski definition) is 1. The molecule has 0 aromatic heterocycles. The summed E-state index contributed by atoms with van der Waals surface area (Å²) < 4.78 is 65.4. The number of benzene rings is 1. The predicted octanol–water partition coefficient (Wildman–Crippen LogP) is 3.90. The van der Waals surface area contributed by atoms with Gasteiger partial charge in [-0.15, -0.1) is 0 Å². The molecule has 0 aliphatic heterocycles. The minimum Gasteiger partial charge on any atom is -0.377 e. The van der Waals surface area contributed by atoms with Gasteiger partial charge in [0, 0.05) is 6.04 Å². The maximum Gasteiger partial charge on any atom is 0.200 e. The minimum atomic E-state index is -2.14. The lowest BCUT2D eigenvalue weighted by Gasteiger charge is -2.21. The Labute approximate surface area is 100 Å². The average Bonchev–Trinajstić information content (AvgIpc) is 2.40. The highest BCUT2D eigenvalue weighted by Crippen LogP contribution is 2.29. The molecule has 0 saturated heterocycles. The first kappa shape index (κ1) is 12.9. The van der Waals surface area contributed by atoms with Crippen LogP contribution in [0.5, 0.6) is 0 Å². The summed E-state index contributed by atoms with van der Waals surface area (Å²) in [6.45, 7) is 0. The largest absolute Gasteiger partial charge is 0.377 e. The molecule has 1 atom stereocenters. The molecule has 0 radical (unpaired) electrons. The maximum absolute atomic E-state index is 13.4. The monoisotopic (exact) mass is 263 g/mol. The number of rotatable bonds is 2. The van der Waals surface area contributed by atoms with E-state index in [1.807, 2.05) is 6.08 Å². The quantitative estimate of drug-likeness (QED) is 0.369. The van der Waals surface area contributed by atoms with Crippen molar-refractivity contribution >= 4 is 5.69 Å². The third-order valence-electron chi connectivity index (χ3n) is 2.83. The summed E-state index contributed by atoms with van der Waals surface area (Å²) in [7, 11) is 0. The standard InChI is InChI=1S/C12H10F5N/c13-7-8(14)10(16)12(11(17)9(7)15)18-6-4-2-1-3-5-6/h1-2,6,18H,3-5H2. The smallest absolute Gasteiger partial charge is 0.200 e. The maximum atomic E-state index is 13.4. The van der Waals surface area contributed by atoms with Crippen molar-refractivity contribution in [2.45, 2.75) is 25.3 Å². The number of anilines is 1. The summed E-state index contributed by atoms with van der Waals surface area (Å²) in [6.07, 6.45) is 5.46. The molecule has 1 aromatic carbocycles. The van der Waals surface area contributed by atoms with E-state index in [1.165, 1.54) is 0 Å². The molecule has 18 heavy (non-hydrogen) atoms. The van der Waals surface area contributed by atoms with Gasteiger partial charge in [0.25, 0.3) is 0 Å². The third-order valence-corrected chi connectivity index (χ3v) is 2.83. The van der Waals surface area contributed by atoms with Crippen LogP contribution in [0.2, 0.25) is 0 Å². The van der Waals surface area contributed by atoms with E-state index in [0.29, 0.717) is 19.3 Å². The van der Waals surface area contributed by atoms with E-state index in [0.717, 1.165) is 0 Å². The Morgan fingerprint density at radius 1 is 0.833 bits per heavy atom. The number of hydrogen-bond donors (Lipinski definition) is 1. The average molecular weight is 263 g/mol. The van der Waals surface area contributed by atoms with E-state index < -0.39 is 34.8 Å². The van der Waals surface area contributed by atoms with Crippen molar-refractivity contribution in [1.82, 2.24) is 0 Å². The molecule has 6 heteroatoms. The van der Waals surface area contributed by atoms with Gasteiger partial charge in [0.1, 0.15) is 5.69 Å². The van der Waals surface area contributed by atoms with Gasteiger partial charge in [-0.1, -0.05) is 12.2 Å². The van der Waals surface area contributed by atoms with Crippen LogP contribution in [0.4, 0.5) is 27.6 Å². The molecule has 1 aliphatic rings. The third kappa shape index (κ3) is 2.19. The Bertz CT molecular complexity index is 469. The Morgan fingerprint density at radius 3 is 1.89 bits per heavy atom. The zero-order valence-corrected chi connectivity index (χ0v) is 9.24. The molecule has 0 fully saturated rings. The highest BCUT2D eigenvalue weighted by atomic mass is 19.2. The Kier molecular flexibility index (Phi) is 3.54. The zero-order valence-electron chi connectivity index (χ0n) is 9.24. The number of nitrogens with one attached hydrogen (secondary N) is 1. The van der Waals surface area contributed by atoms with Crippen LogP contribution in [0.25, 0.3) is 0 Å². The van der Waals surface area contributed by atoms with Crippen molar-refractivity contribution in [2.24, 2.45) is 0 Å². The van der Waals surface area contributed by atoms with Crippen molar-refractivity contribution in [3.05, 3.63) is 41.2 Å². The topological polar surface area (TPSA) is 12.0 Å². The van der Waals surface area contributed by atoms with E-state index in [4.69, 9.17) is 0 Å². The van der Waals surface area contributed by atoms with Gasteiger partial charge in [-0.25, -0.2) is 22.0 Å². The van der Waals surface area contributed by atoms with Gasteiger partial charge in [0.15, 0.2) is 23.3 Å². The van der Waals surface area contributed by atoms with Gasteiger partial charge in [0.05, 0.1) is 0 Å². The van der Waals surface area contributed by atoms with E-state index >= 15 is 0 Å². The van der Waals surface area contributed by atoms with Crippen molar-refractivity contribution in [2.75, 3.05) is 5.32 Å². The van der Waals surface area contributed by atoms with Gasteiger partial charge in [-0.05, 0) is 19.3 Å². The lowest BCUT2D eigenvalue weighted by Crippen LogP contribution is -2.23. The number of allylic oxidation sites excluding steroid dienone is 1. The first-order chi connectivity index (χ1) is 8.52. The van der Waals surface area contributed by atoms with Crippen LogP contribution in [-0.4, -0.2) is 6.04 Å². The van der Waals surface area contributed by atoms with E-state index in [2.05, 4.69) is 5.32 Å². The summed E-state index contributed by atoms with van der Waals surface area (Å²) in [4.78, 5) is 0. The normalized spacial score (nSPS) is 19.1. The van der Waals surface area contributed by atoms with Crippen molar-refractivity contribution in [3.8, 4) is 0 Å². The highest BCUT2D eigenvalue weighted by Gasteiger charge is 2.27. The van der Waals surface area contributed by atoms with Crippen molar-refractivity contribution < 1.29 is 22.0 Å². The second-order valence-corrected chi connectivity index (χ2v) is 4.07. The molecular weight excluding hydrogens is 253 g/mol. The van der Waals surface area contributed by atoms with Crippen LogP contribution in [0, 0.1) is 29.1 Å². The first-order valence-corrected chi connectivity index (χ1v) is 5.45. The number of halogens is 5. The fraction of sp³-hybridized carbons (Fsp3) is 0.333. The molecule has 0 saturated carbocycles. The molecule has 0 amide bonds. The molecule has 1 aromatic rings. The predicted molar refractivity (Wildman–Crippen MR) is 56.6 cm³/mol. The Morgan fingerprint density at radius 2 is 1.39 bits per heavy atom. The van der Waals surface area contributed by atoms with Crippen LogP contribution < -0.4 is 5.32 Å². The molecule has 1 unspecified atom stereocenters. The molecule has 2 rings (SSSR count). The van der Waals surface area contributed by atoms with Crippen molar-refractivity contribution in [1.29, 1.82) is 0 Å². The molecule has 1 aliphatic carbocycles. The molecule has 98 valence electrons. The van der Waals surface area contributed by atoms with Gasteiger partial charge in [-0.2, -0.15) is 0 Å². The lowest BCUT2D eigenvalue weighted by atomic mass is 10.0. The van der Waals surface area contributed by atoms with E-state index in [9.17, 15) is 22.0 Å². The summed E-state index contributed by atoms with van der Waals surface area (Å²) in [5, 5.41) is 2.38.